The predicted molar refractivity (Wildman–Crippen MR) is 32.5 cm³/mol. The zero-order valence-corrected chi connectivity index (χ0v) is 5.63. The summed E-state index contributed by atoms with van der Waals surface area (Å²) in [4.78, 5) is 21.9. The topological polar surface area (TPSA) is 49.4 Å². The van der Waals surface area contributed by atoms with Crippen molar-refractivity contribution in [3.63, 3.8) is 0 Å². The third-order valence-corrected chi connectivity index (χ3v) is 2.05. The van der Waals surface area contributed by atoms with Crippen molar-refractivity contribution < 1.29 is 9.59 Å². The maximum absolute atomic E-state index is 11.0. The molecule has 2 fully saturated rings. The summed E-state index contributed by atoms with van der Waals surface area (Å²) >= 11 is 0. The van der Waals surface area contributed by atoms with Gasteiger partial charge in [0.25, 0.3) is 0 Å². The lowest BCUT2D eigenvalue weighted by Crippen LogP contribution is -2.49. The monoisotopic (exact) mass is 140 g/mol. The van der Waals surface area contributed by atoms with Crippen LogP contribution in [0.5, 0.6) is 0 Å². The second-order valence-corrected chi connectivity index (χ2v) is 2.82. The van der Waals surface area contributed by atoms with E-state index >= 15 is 0 Å². The lowest BCUT2D eigenvalue weighted by Gasteiger charge is -2.21. The molecule has 10 heavy (non-hydrogen) atoms. The summed E-state index contributed by atoms with van der Waals surface area (Å²) in [6.07, 6.45) is 0.745. The smallest absolute Gasteiger partial charge is 0.244 e. The van der Waals surface area contributed by atoms with E-state index < -0.39 is 0 Å². The van der Waals surface area contributed by atoms with Gasteiger partial charge in [-0.05, 0) is 6.42 Å². The molecular formula is C6H8N2O2. The molecule has 0 spiro atoms. The molecule has 0 bridgehead atoms. The highest BCUT2D eigenvalue weighted by molar-refractivity contribution is 5.96. The average molecular weight is 140 g/mol. The highest BCUT2D eigenvalue weighted by Gasteiger charge is 2.53. The zero-order chi connectivity index (χ0) is 7.30. The van der Waals surface area contributed by atoms with E-state index in [-0.39, 0.29) is 23.7 Å². The highest BCUT2D eigenvalue weighted by atomic mass is 16.2. The predicted octanol–water partition coefficient (Wildman–Crippen LogP) is -0.874. The van der Waals surface area contributed by atoms with E-state index in [2.05, 4.69) is 5.43 Å². The number of hydrogen-bond donors (Lipinski definition) is 1. The van der Waals surface area contributed by atoms with Gasteiger partial charge in [-0.15, -0.1) is 0 Å². The van der Waals surface area contributed by atoms with Gasteiger partial charge in [-0.3, -0.25) is 20.0 Å². The van der Waals surface area contributed by atoms with E-state index in [1.165, 1.54) is 5.01 Å². The minimum atomic E-state index is -0.0105. The first kappa shape index (κ1) is 5.70. The summed E-state index contributed by atoms with van der Waals surface area (Å²) in [5.74, 6) is 0.0270. The maximum Gasteiger partial charge on any atom is 0.244 e. The molecule has 2 amide bonds. The van der Waals surface area contributed by atoms with E-state index in [1.807, 2.05) is 0 Å². The van der Waals surface area contributed by atoms with Gasteiger partial charge in [-0.1, -0.05) is 0 Å². The second-order valence-electron chi connectivity index (χ2n) is 2.82. The van der Waals surface area contributed by atoms with E-state index in [9.17, 15) is 9.59 Å². The van der Waals surface area contributed by atoms with Crippen LogP contribution in [0.25, 0.3) is 0 Å². The molecule has 2 atom stereocenters. The van der Waals surface area contributed by atoms with Gasteiger partial charge in [0.1, 0.15) is 0 Å². The molecule has 54 valence electrons. The van der Waals surface area contributed by atoms with Crippen LogP contribution in [-0.2, 0) is 9.59 Å². The fourth-order valence-electron chi connectivity index (χ4n) is 1.31. The second kappa shape index (κ2) is 1.51. The minimum Gasteiger partial charge on any atom is -0.273 e. The fourth-order valence-corrected chi connectivity index (χ4v) is 1.31. The van der Waals surface area contributed by atoms with E-state index in [1.54, 1.807) is 7.05 Å². The van der Waals surface area contributed by atoms with Crippen molar-refractivity contribution in [2.45, 2.75) is 6.42 Å². The van der Waals surface area contributed by atoms with Crippen LogP contribution in [0.2, 0.25) is 0 Å². The number of hydrazine groups is 1. The number of amides is 2. The molecule has 4 heteroatoms. The molecule has 1 saturated carbocycles. The Morgan fingerprint density at radius 2 is 2.20 bits per heavy atom. The largest absolute Gasteiger partial charge is 0.273 e. The van der Waals surface area contributed by atoms with Crippen molar-refractivity contribution in [1.82, 2.24) is 10.4 Å². The summed E-state index contributed by atoms with van der Waals surface area (Å²) in [7, 11) is 1.58. The lowest BCUT2D eigenvalue weighted by atomic mass is 10.2. The zero-order valence-electron chi connectivity index (χ0n) is 5.63. The van der Waals surface area contributed by atoms with Crippen LogP contribution in [0.4, 0.5) is 0 Å². The van der Waals surface area contributed by atoms with Gasteiger partial charge in [-0.2, -0.15) is 0 Å². The number of hydrogen-bond acceptors (Lipinski definition) is 2. The Labute approximate surface area is 58.2 Å². The molecule has 1 aliphatic carbocycles. The van der Waals surface area contributed by atoms with Crippen LogP contribution in [0.1, 0.15) is 6.42 Å². The van der Waals surface area contributed by atoms with Crippen LogP contribution in [0.3, 0.4) is 0 Å². The molecule has 4 nitrogen and oxygen atoms in total. The molecule has 0 aromatic rings. The Balaban J connectivity index is 2.20. The Morgan fingerprint density at radius 3 is 2.90 bits per heavy atom. The molecular weight excluding hydrogens is 132 g/mol. The van der Waals surface area contributed by atoms with E-state index in [0.717, 1.165) is 6.42 Å². The van der Waals surface area contributed by atoms with Gasteiger partial charge in [0.2, 0.25) is 11.8 Å². The van der Waals surface area contributed by atoms with E-state index in [0.29, 0.717) is 0 Å². The van der Waals surface area contributed by atoms with Crippen LogP contribution < -0.4 is 5.43 Å². The molecule has 0 aromatic carbocycles. The van der Waals surface area contributed by atoms with Crippen molar-refractivity contribution in [3.05, 3.63) is 0 Å². The number of nitrogens with one attached hydrogen (secondary N) is 1. The number of nitrogens with zero attached hydrogens (tertiary/aromatic N) is 1. The molecule has 1 aliphatic heterocycles. The SMILES string of the molecule is CN1NC(=O)[C@@H]2C[C@H]2C1=O. The standard InChI is InChI=1S/C6H8N2O2/c1-8-6(10)4-2-3(4)5(9)7-8/h3-4H,2H2,1H3,(H,7,9)/t3-,4-/m1/s1. The summed E-state index contributed by atoms with van der Waals surface area (Å²) in [6.45, 7) is 0. The first-order valence-electron chi connectivity index (χ1n) is 3.28. The van der Waals surface area contributed by atoms with Crippen molar-refractivity contribution in [1.29, 1.82) is 0 Å². The third kappa shape index (κ3) is 0.558. The normalized spacial score (nSPS) is 37.1. The first-order chi connectivity index (χ1) is 4.70. The van der Waals surface area contributed by atoms with Crippen molar-refractivity contribution >= 4 is 11.8 Å². The summed E-state index contributed by atoms with van der Waals surface area (Å²) in [6, 6.07) is 0. The van der Waals surface area contributed by atoms with Gasteiger partial charge < -0.3 is 0 Å². The Hall–Kier alpha value is -1.06. The quantitative estimate of drug-likeness (QED) is 0.475. The molecule has 2 rings (SSSR count). The molecule has 1 N–H and O–H groups in total. The van der Waals surface area contributed by atoms with Crippen LogP contribution in [0.15, 0.2) is 0 Å². The third-order valence-electron chi connectivity index (χ3n) is 2.05. The number of rotatable bonds is 0. The number of carbonyl (C=O) groups is 2. The number of carbonyl (C=O) groups excluding carboxylic acids is 2. The average Bonchev–Trinajstić information content (AvgIpc) is 2.61. The Morgan fingerprint density at radius 1 is 1.50 bits per heavy atom. The first-order valence-corrected chi connectivity index (χ1v) is 3.28. The van der Waals surface area contributed by atoms with Crippen molar-refractivity contribution in [2.75, 3.05) is 7.05 Å². The Kier molecular flexibility index (Phi) is 0.859. The van der Waals surface area contributed by atoms with Crippen LogP contribution >= 0.6 is 0 Å². The highest BCUT2D eigenvalue weighted by Crippen LogP contribution is 2.41. The van der Waals surface area contributed by atoms with E-state index in [4.69, 9.17) is 0 Å². The number of fused-ring (bicyclic) bond motifs is 1. The van der Waals surface area contributed by atoms with Gasteiger partial charge in [0.05, 0.1) is 11.8 Å². The molecule has 0 unspecified atom stereocenters. The molecule has 1 heterocycles. The fraction of sp³-hybridized carbons (Fsp3) is 0.667. The van der Waals surface area contributed by atoms with Gasteiger partial charge >= 0.3 is 0 Å². The Bertz CT molecular complexity index is 210. The van der Waals surface area contributed by atoms with Gasteiger partial charge in [0.15, 0.2) is 0 Å². The van der Waals surface area contributed by atoms with Crippen molar-refractivity contribution in [3.8, 4) is 0 Å². The van der Waals surface area contributed by atoms with Gasteiger partial charge in [0, 0.05) is 7.05 Å². The summed E-state index contributed by atoms with van der Waals surface area (Å²) < 4.78 is 0. The molecule has 0 radical (unpaired) electrons. The molecule has 1 saturated heterocycles. The lowest BCUT2D eigenvalue weighted by molar-refractivity contribution is -0.146. The maximum atomic E-state index is 11.0. The van der Waals surface area contributed by atoms with Gasteiger partial charge in [-0.25, -0.2) is 0 Å². The van der Waals surface area contributed by atoms with Crippen LogP contribution in [0, 0.1) is 11.8 Å². The molecule has 0 aromatic heterocycles. The summed E-state index contributed by atoms with van der Waals surface area (Å²) in [5.41, 5.74) is 2.47. The molecule has 2 aliphatic rings. The minimum absolute atomic E-state index is 0.00116. The van der Waals surface area contributed by atoms with Crippen LogP contribution in [-0.4, -0.2) is 23.9 Å². The van der Waals surface area contributed by atoms with Crippen molar-refractivity contribution in [2.24, 2.45) is 11.8 Å². The summed E-state index contributed by atoms with van der Waals surface area (Å²) in [5, 5.41) is 1.27.